The van der Waals surface area contributed by atoms with Crippen LogP contribution in [0, 0.1) is 11.3 Å². The number of benzene rings is 1. The van der Waals surface area contributed by atoms with Gasteiger partial charge in [-0.05, 0) is 24.3 Å². The molecule has 0 atom stereocenters. The summed E-state index contributed by atoms with van der Waals surface area (Å²) in [7, 11) is 0. The highest BCUT2D eigenvalue weighted by molar-refractivity contribution is 6.34. The predicted octanol–water partition coefficient (Wildman–Crippen LogP) is 2.14. The monoisotopic (exact) mass is 287 g/mol. The van der Waals surface area contributed by atoms with E-state index in [1.807, 2.05) is 6.07 Å². The largest absolute Gasteiger partial charge is 0.319 e. The molecule has 4 N–H and O–H groups in total. The first-order valence-corrected chi connectivity index (χ1v) is 5.97. The molecule has 0 aliphatic rings. The summed E-state index contributed by atoms with van der Waals surface area (Å²) in [4.78, 5) is 16.1. The minimum absolute atomic E-state index is 0.0230. The van der Waals surface area contributed by atoms with Gasteiger partial charge in [-0.15, -0.1) is 0 Å². The van der Waals surface area contributed by atoms with Crippen LogP contribution in [0.1, 0.15) is 16.1 Å². The van der Waals surface area contributed by atoms with Crippen LogP contribution in [0.25, 0.3) is 0 Å². The first kappa shape index (κ1) is 13.8. The molecule has 0 spiro atoms. The first-order chi connectivity index (χ1) is 9.65. The number of hydrazine groups is 1. The van der Waals surface area contributed by atoms with E-state index in [0.29, 0.717) is 17.1 Å². The smallest absolute Gasteiger partial charge is 0.275 e. The number of amides is 1. The predicted molar refractivity (Wildman–Crippen MR) is 76.2 cm³/mol. The van der Waals surface area contributed by atoms with Crippen molar-refractivity contribution in [3.8, 4) is 6.07 Å². The second-order valence-electron chi connectivity index (χ2n) is 3.78. The molecule has 0 bridgehead atoms. The summed E-state index contributed by atoms with van der Waals surface area (Å²) in [6, 6.07) is 11.7. The van der Waals surface area contributed by atoms with Crippen LogP contribution < -0.4 is 16.6 Å². The summed E-state index contributed by atoms with van der Waals surface area (Å²) >= 11 is 5.93. The highest BCUT2D eigenvalue weighted by Crippen LogP contribution is 2.19. The number of anilines is 2. The number of para-hydroxylation sites is 1. The molecule has 1 aromatic heterocycles. The summed E-state index contributed by atoms with van der Waals surface area (Å²) < 4.78 is 0. The number of hydrogen-bond donors (Lipinski definition) is 3. The number of carbonyl (C=O) groups excluding carboxylic acids is 1. The number of halogens is 1. The van der Waals surface area contributed by atoms with Gasteiger partial charge in [-0.25, -0.2) is 10.8 Å². The van der Waals surface area contributed by atoms with Crippen LogP contribution >= 0.6 is 11.6 Å². The van der Waals surface area contributed by atoms with E-state index in [4.69, 9.17) is 22.7 Å². The van der Waals surface area contributed by atoms with E-state index in [-0.39, 0.29) is 10.7 Å². The van der Waals surface area contributed by atoms with Crippen molar-refractivity contribution >= 4 is 29.0 Å². The molecule has 100 valence electrons. The Kier molecular flexibility index (Phi) is 4.15. The van der Waals surface area contributed by atoms with Gasteiger partial charge in [0.25, 0.3) is 5.91 Å². The summed E-state index contributed by atoms with van der Waals surface area (Å²) in [5, 5.41) is 11.8. The summed E-state index contributed by atoms with van der Waals surface area (Å²) in [5.74, 6) is 5.03. The van der Waals surface area contributed by atoms with Crippen molar-refractivity contribution in [3.05, 3.63) is 52.7 Å². The number of nitrogens with two attached hydrogens (primary N) is 1. The molecular weight excluding hydrogens is 278 g/mol. The topological polar surface area (TPSA) is 104 Å². The van der Waals surface area contributed by atoms with Crippen LogP contribution in [0.15, 0.2) is 36.4 Å². The van der Waals surface area contributed by atoms with Crippen LogP contribution in [0.3, 0.4) is 0 Å². The number of nitrogens with zero attached hydrogens (tertiary/aromatic N) is 2. The van der Waals surface area contributed by atoms with Crippen molar-refractivity contribution in [1.29, 1.82) is 5.26 Å². The molecule has 0 radical (unpaired) electrons. The summed E-state index contributed by atoms with van der Waals surface area (Å²) in [6.07, 6.45) is 0. The average molecular weight is 288 g/mol. The lowest BCUT2D eigenvalue weighted by Gasteiger charge is -2.08. The number of pyridine rings is 1. The fraction of sp³-hybridized carbons (Fsp3) is 0. The van der Waals surface area contributed by atoms with Gasteiger partial charge in [0.05, 0.1) is 16.3 Å². The zero-order chi connectivity index (χ0) is 14.5. The second kappa shape index (κ2) is 6.02. The third-order valence-electron chi connectivity index (χ3n) is 2.50. The molecule has 0 unspecified atom stereocenters. The third-order valence-corrected chi connectivity index (χ3v) is 2.81. The molecule has 7 heteroatoms. The highest BCUT2D eigenvalue weighted by Gasteiger charge is 2.14. The Balaban J connectivity index is 2.31. The molecule has 0 saturated heterocycles. The lowest BCUT2D eigenvalue weighted by atomic mass is 10.2. The molecule has 2 rings (SSSR count). The molecule has 0 aliphatic carbocycles. The lowest BCUT2D eigenvalue weighted by molar-refractivity contribution is 0.102. The van der Waals surface area contributed by atoms with Gasteiger partial charge in [0.2, 0.25) is 0 Å². The van der Waals surface area contributed by atoms with Crippen LogP contribution in [-0.2, 0) is 0 Å². The van der Waals surface area contributed by atoms with E-state index < -0.39 is 5.91 Å². The fourth-order valence-electron chi connectivity index (χ4n) is 1.55. The van der Waals surface area contributed by atoms with Crippen LogP contribution in [0.4, 0.5) is 11.5 Å². The number of rotatable bonds is 3. The van der Waals surface area contributed by atoms with Gasteiger partial charge in [0.1, 0.15) is 17.6 Å². The van der Waals surface area contributed by atoms with Gasteiger partial charge < -0.3 is 10.7 Å². The van der Waals surface area contributed by atoms with Gasteiger partial charge in [0.15, 0.2) is 0 Å². The van der Waals surface area contributed by atoms with Gasteiger partial charge in [-0.1, -0.05) is 23.7 Å². The number of aromatic nitrogens is 1. The lowest BCUT2D eigenvalue weighted by Crippen LogP contribution is -2.17. The minimum atomic E-state index is -0.519. The average Bonchev–Trinajstić information content (AvgIpc) is 2.48. The Bertz CT molecular complexity index is 695. The van der Waals surface area contributed by atoms with Gasteiger partial charge in [-0.3, -0.25) is 4.79 Å². The van der Waals surface area contributed by atoms with Crippen molar-refractivity contribution in [2.45, 2.75) is 0 Å². The van der Waals surface area contributed by atoms with E-state index in [9.17, 15) is 4.79 Å². The van der Waals surface area contributed by atoms with E-state index in [1.54, 1.807) is 30.3 Å². The van der Waals surface area contributed by atoms with Crippen molar-refractivity contribution < 1.29 is 4.79 Å². The van der Waals surface area contributed by atoms with E-state index >= 15 is 0 Å². The summed E-state index contributed by atoms with van der Waals surface area (Å²) in [5.41, 5.74) is 3.10. The van der Waals surface area contributed by atoms with Crippen LogP contribution in [0.5, 0.6) is 0 Å². The van der Waals surface area contributed by atoms with Crippen LogP contribution in [0.2, 0.25) is 5.02 Å². The maximum Gasteiger partial charge on any atom is 0.275 e. The third kappa shape index (κ3) is 2.85. The van der Waals surface area contributed by atoms with Crippen molar-refractivity contribution in [2.75, 3.05) is 10.7 Å². The molecule has 1 amide bonds. The molecule has 1 heterocycles. The molecule has 1 aromatic carbocycles. The second-order valence-corrected chi connectivity index (χ2v) is 4.19. The minimum Gasteiger partial charge on any atom is -0.319 e. The number of nitriles is 1. The number of nitrogen functional groups attached to an aromatic ring is 1. The standard InChI is InChI=1S/C13H10ClN5O/c14-9-5-6-11(19-16)18-12(9)13(20)17-10-4-2-1-3-8(10)7-15/h1-6H,16H2,(H,17,20)(H,18,19). The number of carbonyl (C=O) groups is 1. The Labute approximate surface area is 120 Å². The Morgan fingerprint density at radius 1 is 1.30 bits per heavy atom. The van der Waals surface area contributed by atoms with Gasteiger partial charge >= 0.3 is 0 Å². The Hall–Kier alpha value is -2.62. The maximum atomic E-state index is 12.1. The molecule has 0 saturated carbocycles. The van der Waals surface area contributed by atoms with Crippen molar-refractivity contribution in [3.63, 3.8) is 0 Å². The fourth-order valence-corrected chi connectivity index (χ4v) is 1.74. The van der Waals surface area contributed by atoms with E-state index in [2.05, 4.69) is 15.7 Å². The zero-order valence-corrected chi connectivity index (χ0v) is 11.0. The highest BCUT2D eigenvalue weighted by atomic mass is 35.5. The SMILES string of the molecule is N#Cc1ccccc1NC(=O)c1nc(NN)ccc1Cl. The van der Waals surface area contributed by atoms with E-state index in [0.717, 1.165) is 0 Å². The maximum absolute atomic E-state index is 12.1. The quantitative estimate of drug-likeness (QED) is 0.593. The molecule has 0 fully saturated rings. The van der Waals surface area contributed by atoms with Gasteiger partial charge in [-0.2, -0.15) is 5.26 Å². The van der Waals surface area contributed by atoms with Crippen LogP contribution in [-0.4, -0.2) is 10.9 Å². The number of nitrogens with one attached hydrogen (secondary N) is 2. The summed E-state index contributed by atoms with van der Waals surface area (Å²) in [6.45, 7) is 0. The Morgan fingerprint density at radius 2 is 2.05 bits per heavy atom. The molecule has 0 aliphatic heterocycles. The van der Waals surface area contributed by atoms with E-state index in [1.165, 1.54) is 6.07 Å². The van der Waals surface area contributed by atoms with Gasteiger partial charge in [0, 0.05) is 0 Å². The zero-order valence-electron chi connectivity index (χ0n) is 10.2. The van der Waals surface area contributed by atoms with Crippen molar-refractivity contribution in [2.24, 2.45) is 5.84 Å². The first-order valence-electron chi connectivity index (χ1n) is 5.59. The molecule has 6 nitrogen and oxygen atoms in total. The van der Waals surface area contributed by atoms with Crippen molar-refractivity contribution in [1.82, 2.24) is 4.98 Å². The molecular formula is C13H10ClN5O. The molecule has 2 aromatic rings. The normalized spacial score (nSPS) is 9.65. The molecule has 20 heavy (non-hydrogen) atoms. The number of hydrogen-bond acceptors (Lipinski definition) is 5. The Morgan fingerprint density at radius 3 is 2.75 bits per heavy atom.